The Labute approximate surface area is 123 Å². The van der Waals surface area contributed by atoms with Crippen molar-refractivity contribution < 1.29 is 14.3 Å². The highest BCUT2D eigenvalue weighted by molar-refractivity contribution is 9.10. The van der Waals surface area contributed by atoms with Crippen LogP contribution in [0.1, 0.15) is 22.6 Å². The van der Waals surface area contributed by atoms with Gasteiger partial charge in [-0.1, -0.05) is 40.2 Å². The summed E-state index contributed by atoms with van der Waals surface area (Å²) in [7, 11) is 0. The van der Waals surface area contributed by atoms with Gasteiger partial charge in [0.15, 0.2) is 0 Å². The van der Waals surface area contributed by atoms with E-state index < -0.39 is 17.7 Å². The highest BCUT2D eigenvalue weighted by atomic mass is 79.9. The molecule has 2 aromatic rings. The Morgan fingerprint density at radius 2 is 1.90 bits per heavy atom. The van der Waals surface area contributed by atoms with Gasteiger partial charge in [0.1, 0.15) is 17.8 Å². The Balaban J connectivity index is 2.61. The SMILES string of the molecule is N#Cc1c(F)cccc1C(C(=O)O)c1ccc(Br)cc1. The Hall–Kier alpha value is -2.19. The molecule has 3 nitrogen and oxygen atoms in total. The second kappa shape index (κ2) is 5.85. The lowest BCUT2D eigenvalue weighted by molar-refractivity contribution is -0.137. The molecule has 0 aliphatic heterocycles. The van der Waals surface area contributed by atoms with E-state index in [0.29, 0.717) is 5.56 Å². The van der Waals surface area contributed by atoms with Crippen LogP contribution in [0.3, 0.4) is 0 Å². The second-order valence-corrected chi connectivity index (χ2v) is 5.05. The number of nitriles is 1. The van der Waals surface area contributed by atoms with E-state index in [0.717, 1.165) is 10.5 Å². The first-order chi connectivity index (χ1) is 9.54. The van der Waals surface area contributed by atoms with Crippen molar-refractivity contribution in [1.29, 1.82) is 5.26 Å². The highest BCUT2D eigenvalue weighted by Gasteiger charge is 2.26. The van der Waals surface area contributed by atoms with E-state index in [9.17, 15) is 14.3 Å². The van der Waals surface area contributed by atoms with Crippen molar-refractivity contribution in [2.45, 2.75) is 5.92 Å². The molecule has 0 fully saturated rings. The molecular formula is C15H9BrFNO2. The van der Waals surface area contributed by atoms with E-state index in [4.69, 9.17) is 5.26 Å². The van der Waals surface area contributed by atoms with Crippen molar-refractivity contribution in [1.82, 2.24) is 0 Å². The Bertz CT molecular complexity index is 692. The van der Waals surface area contributed by atoms with E-state index in [1.165, 1.54) is 12.1 Å². The summed E-state index contributed by atoms with van der Waals surface area (Å²) < 4.78 is 14.4. The van der Waals surface area contributed by atoms with E-state index in [1.54, 1.807) is 30.3 Å². The summed E-state index contributed by atoms with van der Waals surface area (Å²) in [4.78, 5) is 11.5. The number of carbonyl (C=O) groups is 1. The molecule has 0 bridgehead atoms. The van der Waals surface area contributed by atoms with Crippen LogP contribution >= 0.6 is 15.9 Å². The molecule has 0 heterocycles. The number of hydrogen-bond acceptors (Lipinski definition) is 2. The Morgan fingerprint density at radius 1 is 1.25 bits per heavy atom. The van der Waals surface area contributed by atoms with Crippen LogP contribution < -0.4 is 0 Å². The first kappa shape index (κ1) is 14.2. The standard InChI is InChI=1S/C15H9BrFNO2/c16-10-6-4-9(5-7-10)14(15(19)20)11-2-1-3-13(17)12(11)8-18/h1-7,14H,(H,19,20). The number of aliphatic carboxylic acids is 1. The van der Waals surface area contributed by atoms with Crippen molar-refractivity contribution in [3.8, 4) is 6.07 Å². The third-order valence-electron chi connectivity index (χ3n) is 2.92. The molecule has 2 aromatic carbocycles. The van der Waals surface area contributed by atoms with E-state index in [-0.39, 0.29) is 11.1 Å². The van der Waals surface area contributed by atoms with E-state index in [2.05, 4.69) is 15.9 Å². The van der Waals surface area contributed by atoms with Gasteiger partial charge >= 0.3 is 5.97 Å². The van der Waals surface area contributed by atoms with Crippen molar-refractivity contribution in [3.05, 3.63) is 69.4 Å². The molecule has 0 aliphatic rings. The number of nitrogens with zero attached hydrogens (tertiary/aromatic N) is 1. The van der Waals surface area contributed by atoms with E-state index in [1.807, 2.05) is 0 Å². The maximum atomic E-state index is 13.6. The molecule has 0 saturated heterocycles. The molecule has 0 aliphatic carbocycles. The van der Waals surface area contributed by atoms with Crippen molar-refractivity contribution in [3.63, 3.8) is 0 Å². The first-order valence-electron chi connectivity index (χ1n) is 5.71. The summed E-state index contributed by atoms with van der Waals surface area (Å²) in [5.74, 6) is -2.92. The number of carboxylic acid groups (broad SMARTS) is 1. The average molecular weight is 334 g/mol. The molecule has 0 amide bonds. The van der Waals surface area contributed by atoms with Crippen LogP contribution in [0.2, 0.25) is 0 Å². The predicted octanol–water partition coefficient (Wildman–Crippen LogP) is 3.68. The van der Waals surface area contributed by atoms with Crippen LogP contribution in [-0.2, 0) is 4.79 Å². The van der Waals surface area contributed by atoms with Gasteiger partial charge in [0.25, 0.3) is 0 Å². The summed E-state index contributed by atoms with van der Waals surface area (Å²) >= 11 is 3.27. The van der Waals surface area contributed by atoms with Crippen LogP contribution in [-0.4, -0.2) is 11.1 Å². The van der Waals surface area contributed by atoms with Crippen molar-refractivity contribution in [2.75, 3.05) is 0 Å². The number of rotatable bonds is 3. The zero-order valence-corrected chi connectivity index (χ0v) is 11.8. The van der Waals surface area contributed by atoms with Gasteiger partial charge < -0.3 is 5.11 Å². The molecule has 0 saturated carbocycles. The minimum atomic E-state index is -1.13. The lowest BCUT2D eigenvalue weighted by atomic mass is 9.88. The van der Waals surface area contributed by atoms with Crippen molar-refractivity contribution >= 4 is 21.9 Å². The first-order valence-corrected chi connectivity index (χ1v) is 6.50. The minimum absolute atomic E-state index is 0.155. The quantitative estimate of drug-likeness (QED) is 0.931. The molecule has 0 aromatic heterocycles. The summed E-state index contributed by atoms with van der Waals surface area (Å²) in [5, 5.41) is 18.4. The van der Waals surface area contributed by atoms with Crippen LogP contribution in [0.4, 0.5) is 4.39 Å². The molecule has 100 valence electrons. The number of benzene rings is 2. The lowest BCUT2D eigenvalue weighted by Crippen LogP contribution is -2.15. The van der Waals surface area contributed by atoms with Crippen molar-refractivity contribution in [2.24, 2.45) is 0 Å². The Morgan fingerprint density at radius 3 is 2.45 bits per heavy atom. The van der Waals surface area contributed by atoms with Gasteiger partial charge in [0, 0.05) is 4.47 Å². The molecule has 5 heteroatoms. The van der Waals surface area contributed by atoms with Crippen LogP contribution in [0, 0.1) is 17.1 Å². The smallest absolute Gasteiger partial charge is 0.315 e. The fraction of sp³-hybridized carbons (Fsp3) is 0.0667. The monoisotopic (exact) mass is 333 g/mol. The van der Waals surface area contributed by atoms with Crippen LogP contribution in [0.15, 0.2) is 46.9 Å². The fourth-order valence-corrected chi connectivity index (χ4v) is 2.27. The third kappa shape index (κ3) is 2.70. The summed E-state index contributed by atoms with van der Waals surface area (Å²) in [5.41, 5.74) is 0.410. The molecule has 1 atom stereocenters. The largest absolute Gasteiger partial charge is 0.481 e. The molecule has 20 heavy (non-hydrogen) atoms. The maximum absolute atomic E-state index is 13.6. The summed E-state index contributed by atoms with van der Waals surface area (Å²) in [6.07, 6.45) is 0. The van der Waals surface area contributed by atoms with Gasteiger partial charge in [-0.05, 0) is 29.3 Å². The molecule has 0 radical (unpaired) electrons. The fourth-order valence-electron chi connectivity index (χ4n) is 2.01. The zero-order valence-electron chi connectivity index (χ0n) is 10.2. The molecule has 1 N–H and O–H groups in total. The summed E-state index contributed by atoms with van der Waals surface area (Å²) in [6, 6.07) is 12.4. The molecular weight excluding hydrogens is 325 g/mol. The van der Waals surface area contributed by atoms with Gasteiger partial charge in [0.05, 0.1) is 5.56 Å². The summed E-state index contributed by atoms with van der Waals surface area (Å²) in [6.45, 7) is 0. The molecule has 1 unspecified atom stereocenters. The van der Waals surface area contributed by atoms with Crippen LogP contribution in [0.5, 0.6) is 0 Å². The normalized spacial score (nSPS) is 11.7. The van der Waals surface area contributed by atoms with Crippen LogP contribution in [0.25, 0.3) is 0 Å². The maximum Gasteiger partial charge on any atom is 0.315 e. The van der Waals surface area contributed by atoms with Gasteiger partial charge in [0.2, 0.25) is 0 Å². The molecule has 2 rings (SSSR count). The predicted molar refractivity (Wildman–Crippen MR) is 74.7 cm³/mol. The number of carboxylic acids is 1. The van der Waals surface area contributed by atoms with E-state index >= 15 is 0 Å². The number of halogens is 2. The van der Waals surface area contributed by atoms with Gasteiger partial charge in [-0.3, -0.25) is 4.79 Å². The minimum Gasteiger partial charge on any atom is -0.481 e. The van der Waals surface area contributed by atoms with Gasteiger partial charge in [-0.15, -0.1) is 0 Å². The zero-order chi connectivity index (χ0) is 14.7. The topological polar surface area (TPSA) is 61.1 Å². The highest BCUT2D eigenvalue weighted by Crippen LogP contribution is 2.29. The lowest BCUT2D eigenvalue weighted by Gasteiger charge is -2.15. The second-order valence-electron chi connectivity index (χ2n) is 4.14. The van der Waals surface area contributed by atoms with Gasteiger partial charge in [-0.2, -0.15) is 5.26 Å². The Kier molecular flexibility index (Phi) is 4.16. The number of hydrogen-bond donors (Lipinski definition) is 1. The average Bonchev–Trinajstić information content (AvgIpc) is 2.41. The molecule has 0 spiro atoms. The van der Waals surface area contributed by atoms with Gasteiger partial charge in [-0.25, -0.2) is 4.39 Å². The third-order valence-corrected chi connectivity index (χ3v) is 3.45.